The molecule has 5 rings (SSSR count). The molecule has 1 saturated heterocycles. The molecule has 1 unspecified atom stereocenters. The number of carbonyl (C=O) groups excluding carboxylic acids is 1. The summed E-state index contributed by atoms with van der Waals surface area (Å²) in [7, 11) is 0. The predicted molar refractivity (Wildman–Crippen MR) is 122 cm³/mol. The SMILES string of the molecule is O=C(Nc1c[nH]c2ncc(Br)c(N3CCCC(NCC4CC4)C3)c12)c1cccnc1. The molecule has 0 bridgehead atoms. The summed E-state index contributed by atoms with van der Waals surface area (Å²) in [6.45, 7) is 3.06. The molecule has 7 nitrogen and oxygen atoms in total. The van der Waals surface area contributed by atoms with Crippen molar-refractivity contribution in [1.29, 1.82) is 0 Å². The van der Waals surface area contributed by atoms with E-state index in [1.807, 2.05) is 12.4 Å². The van der Waals surface area contributed by atoms with Crippen molar-refractivity contribution in [3.05, 3.63) is 47.0 Å². The highest BCUT2D eigenvalue weighted by atomic mass is 79.9. The Morgan fingerprint density at radius 3 is 3.00 bits per heavy atom. The van der Waals surface area contributed by atoms with Crippen LogP contribution in [-0.4, -0.2) is 46.5 Å². The highest BCUT2D eigenvalue weighted by Crippen LogP contribution is 2.39. The number of rotatable bonds is 6. The number of aromatic nitrogens is 3. The summed E-state index contributed by atoms with van der Waals surface area (Å²) in [5.41, 5.74) is 3.11. The predicted octanol–water partition coefficient (Wildman–Crippen LogP) is 3.94. The second-order valence-corrected chi connectivity index (χ2v) is 9.07. The van der Waals surface area contributed by atoms with Gasteiger partial charge >= 0.3 is 0 Å². The minimum atomic E-state index is -0.183. The van der Waals surface area contributed by atoms with E-state index in [0.29, 0.717) is 11.6 Å². The van der Waals surface area contributed by atoms with Gasteiger partial charge in [-0.3, -0.25) is 9.78 Å². The first-order valence-corrected chi connectivity index (χ1v) is 11.3. The van der Waals surface area contributed by atoms with Gasteiger partial charge in [-0.2, -0.15) is 0 Å². The number of fused-ring (bicyclic) bond motifs is 1. The Labute approximate surface area is 183 Å². The van der Waals surface area contributed by atoms with Crippen LogP contribution in [0, 0.1) is 5.92 Å². The monoisotopic (exact) mass is 468 g/mol. The first-order valence-electron chi connectivity index (χ1n) is 10.5. The van der Waals surface area contributed by atoms with Gasteiger partial charge in [-0.05, 0) is 66.2 Å². The molecular weight excluding hydrogens is 444 g/mol. The van der Waals surface area contributed by atoms with Gasteiger partial charge in [-0.1, -0.05) is 0 Å². The lowest BCUT2D eigenvalue weighted by Crippen LogP contribution is -2.46. The zero-order chi connectivity index (χ0) is 20.5. The van der Waals surface area contributed by atoms with Crippen molar-refractivity contribution in [2.75, 3.05) is 29.9 Å². The molecule has 2 aliphatic rings. The minimum absolute atomic E-state index is 0.183. The molecule has 0 radical (unpaired) electrons. The van der Waals surface area contributed by atoms with Crippen LogP contribution in [0.1, 0.15) is 36.0 Å². The Morgan fingerprint density at radius 1 is 1.30 bits per heavy atom. The molecule has 1 saturated carbocycles. The third kappa shape index (κ3) is 4.06. The normalized spacial score (nSPS) is 19.2. The van der Waals surface area contributed by atoms with Crippen molar-refractivity contribution < 1.29 is 4.79 Å². The van der Waals surface area contributed by atoms with Crippen molar-refractivity contribution in [2.24, 2.45) is 5.92 Å². The van der Waals surface area contributed by atoms with Gasteiger partial charge in [0.1, 0.15) is 5.65 Å². The number of hydrogen-bond donors (Lipinski definition) is 3. The second kappa shape index (κ2) is 8.35. The number of aromatic amines is 1. The van der Waals surface area contributed by atoms with E-state index in [1.54, 1.807) is 24.5 Å². The van der Waals surface area contributed by atoms with Crippen LogP contribution in [-0.2, 0) is 0 Å². The van der Waals surface area contributed by atoms with Crippen molar-refractivity contribution in [3.8, 4) is 0 Å². The number of anilines is 2. The number of H-pyrrole nitrogens is 1. The van der Waals surface area contributed by atoms with Gasteiger partial charge < -0.3 is 20.5 Å². The number of nitrogens with one attached hydrogen (secondary N) is 3. The lowest BCUT2D eigenvalue weighted by molar-refractivity contribution is 0.102. The van der Waals surface area contributed by atoms with Crippen LogP contribution in [0.25, 0.3) is 11.0 Å². The molecule has 30 heavy (non-hydrogen) atoms. The van der Waals surface area contributed by atoms with Crippen LogP contribution in [0.4, 0.5) is 11.4 Å². The Hall–Kier alpha value is -2.45. The molecule has 1 aliphatic heterocycles. The first kappa shape index (κ1) is 19.5. The fourth-order valence-electron chi connectivity index (χ4n) is 4.16. The van der Waals surface area contributed by atoms with Crippen molar-refractivity contribution in [2.45, 2.75) is 31.7 Å². The molecule has 8 heteroatoms. The zero-order valence-electron chi connectivity index (χ0n) is 16.7. The number of amides is 1. The molecule has 0 aromatic carbocycles. The summed E-state index contributed by atoms with van der Waals surface area (Å²) in [5.74, 6) is 0.691. The number of pyridine rings is 2. The summed E-state index contributed by atoms with van der Waals surface area (Å²) in [5, 5.41) is 7.72. The van der Waals surface area contributed by atoms with Crippen LogP contribution in [0.2, 0.25) is 0 Å². The van der Waals surface area contributed by atoms with Crippen LogP contribution in [0.3, 0.4) is 0 Å². The van der Waals surface area contributed by atoms with Crippen LogP contribution in [0.15, 0.2) is 41.4 Å². The number of piperidine rings is 1. The van der Waals surface area contributed by atoms with E-state index < -0.39 is 0 Å². The lowest BCUT2D eigenvalue weighted by Gasteiger charge is -2.36. The maximum atomic E-state index is 12.7. The molecule has 0 spiro atoms. The summed E-state index contributed by atoms with van der Waals surface area (Å²) in [6, 6.07) is 4.00. The summed E-state index contributed by atoms with van der Waals surface area (Å²) in [4.78, 5) is 26.9. The zero-order valence-corrected chi connectivity index (χ0v) is 18.3. The number of hydrogen-bond acceptors (Lipinski definition) is 5. The topological polar surface area (TPSA) is 85.9 Å². The molecule has 3 aromatic rings. The van der Waals surface area contributed by atoms with Gasteiger partial charge in [-0.25, -0.2) is 4.98 Å². The van der Waals surface area contributed by atoms with Gasteiger partial charge in [0.2, 0.25) is 0 Å². The van der Waals surface area contributed by atoms with E-state index in [-0.39, 0.29) is 5.91 Å². The van der Waals surface area contributed by atoms with Crippen molar-refractivity contribution in [3.63, 3.8) is 0 Å². The fraction of sp³-hybridized carbons (Fsp3) is 0.409. The second-order valence-electron chi connectivity index (χ2n) is 8.21. The van der Waals surface area contributed by atoms with Crippen molar-refractivity contribution in [1.82, 2.24) is 20.3 Å². The first-order chi connectivity index (χ1) is 14.7. The van der Waals surface area contributed by atoms with Crippen LogP contribution >= 0.6 is 15.9 Å². The highest BCUT2D eigenvalue weighted by Gasteiger charge is 2.27. The van der Waals surface area contributed by atoms with Crippen LogP contribution in [0.5, 0.6) is 0 Å². The summed E-state index contributed by atoms with van der Waals surface area (Å²) >= 11 is 3.71. The van der Waals surface area contributed by atoms with Crippen LogP contribution < -0.4 is 15.5 Å². The van der Waals surface area contributed by atoms with Gasteiger partial charge in [0.15, 0.2) is 0 Å². The van der Waals surface area contributed by atoms with Gasteiger partial charge in [0.25, 0.3) is 5.91 Å². The molecule has 3 aromatic heterocycles. The van der Waals surface area contributed by atoms with Gasteiger partial charge in [-0.15, -0.1) is 0 Å². The maximum Gasteiger partial charge on any atom is 0.257 e. The summed E-state index contributed by atoms with van der Waals surface area (Å²) in [6.07, 6.45) is 11.9. The maximum absolute atomic E-state index is 12.7. The third-order valence-corrected chi connectivity index (χ3v) is 6.51. The average molecular weight is 469 g/mol. The quantitative estimate of drug-likeness (QED) is 0.509. The Bertz CT molecular complexity index is 1050. The van der Waals surface area contributed by atoms with E-state index in [0.717, 1.165) is 58.9 Å². The number of nitrogens with zero attached hydrogens (tertiary/aromatic N) is 3. The Balaban J connectivity index is 1.43. The van der Waals surface area contributed by atoms with E-state index in [2.05, 4.69) is 46.4 Å². The fourth-order valence-corrected chi connectivity index (χ4v) is 4.71. The van der Waals surface area contributed by atoms with E-state index in [1.165, 1.54) is 19.3 Å². The van der Waals surface area contributed by atoms with Gasteiger partial charge in [0.05, 0.1) is 26.8 Å². The molecule has 2 fully saturated rings. The number of carbonyl (C=O) groups is 1. The van der Waals surface area contributed by atoms with Crippen molar-refractivity contribution >= 4 is 44.2 Å². The largest absolute Gasteiger partial charge is 0.368 e. The molecule has 1 atom stereocenters. The molecule has 156 valence electrons. The smallest absolute Gasteiger partial charge is 0.257 e. The van der Waals surface area contributed by atoms with E-state index in [9.17, 15) is 4.79 Å². The Morgan fingerprint density at radius 2 is 2.20 bits per heavy atom. The minimum Gasteiger partial charge on any atom is -0.368 e. The summed E-state index contributed by atoms with van der Waals surface area (Å²) < 4.78 is 0.939. The molecule has 1 aliphatic carbocycles. The third-order valence-electron chi connectivity index (χ3n) is 5.93. The lowest BCUT2D eigenvalue weighted by atomic mass is 10.0. The molecule has 4 heterocycles. The molecule has 3 N–H and O–H groups in total. The Kier molecular flexibility index (Phi) is 5.43. The average Bonchev–Trinajstić information content (AvgIpc) is 3.53. The standard InChI is InChI=1S/C22H25BrN6O/c23-17-11-26-21-19(18(12-27-21)28-22(30)15-3-1-7-24-10-15)20(17)29-8-2-4-16(13-29)25-9-14-5-6-14/h1,3,7,10-12,14,16,25H,2,4-6,8-9,13H2,(H,26,27)(H,28,30). The molecular formula is C22H25BrN6O. The highest BCUT2D eigenvalue weighted by molar-refractivity contribution is 9.10. The molecule has 1 amide bonds. The van der Waals surface area contributed by atoms with Gasteiger partial charge in [0, 0.05) is 43.9 Å². The number of halogens is 1. The van der Waals surface area contributed by atoms with E-state index >= 15 is 0 Å². The van der Waals surface area contributed by atoms with E-state index in [4.69, 9.17) is 0 Å².